The van der Waals surface area contributed by atoms with Crippen molar-refractivity contribution in [1.29, 1.82) is 0 Å². The largest absolute Gasteiger partial charge is 0.449 e. The van der Waals surface area contributed by atoms with Crippen LogP contribution in [0.2, 0.25) is 0 Å². The predicted molar refractivity (Wildman–Crippen MR) is 195 cm³/mol. The average Bonchev–Trinajstić information content (AvgIpc) is 3.10. The summed E-state index contributed by atoms with van der Waals surface area (Å²) in [7, 11) is -8.57. The molecule has 0 fully saturated rings. The van der Waals surface area contributed by atoms with E-state index in [0.717, 1.165) is 11.1 Å². The van der Waals surface area contributed by atoms with E-state index in [1.54, 1.807) is 54.6 Å². The third-order valence-corrected chi connectivity index (χ3v) is 8.93. The van der Waals surface area contributed by atoms with Gasteiger partial charge in [0.2, 0.25) is 0 Å². The van der Waals surface area contributed by atoms with E-state index in [0.29, 0.717) is 32.9 Å². The number of hydrogen-bond donors (Lipinski definition) is 4. The van der Waals surface area contributed by atoms with Crippen molar-refractivity contribution in [2.45, 2.75) is 23.0 Å². The quantitative estimate of drug-likeness (QED) is 0.0699. The Morgan fingerprint density at radius 2 is 1.00 bits per heavy atom. The Bertz CT molecular complexity index is 2360. The molecule has 0 heterocycles. The predicted octanol–water partition coefficient (Wildman–Crippen LogP) is 8.07. The van der Waals surface area contributed by atoms with Gasteiger partial charge in [-0.3, -0.25) is 14.4 Å². The summed E-state index contributed by atoms with van der Waals surface area (Å²) >= 11 is 4.97. The van der Waals surface area contributed by atoms with E-state index in [2.05, 4.69) is 10.1 Å². The van der Waals surface area contributed by atoms with Gasteiger partial charge in [0, 0.05) is 38.8 Å². The Hall–Kier alpha value is -5.51. The highest BCUT2D eigenvalue weighted by atomic mass is 35.5. The summed E-state index contributed by atoms with van der Waals surface area (Å²) in [6, 6.07) is 37.3. The standard InChI is InChI=1S/C18H15NO5S.C10H9NO3S.C8H7ClO2/c20-18(24-12-13-6-2-1-3-7-13)19-16-10-4-9-15-14(16)8-5-11-17(15)25(21,22)23;11-9-5-1-4-8-7(9)3-2-6-10(8)15(12,13)14;9-8(10)11-6-7-4-2-1-3-5-7/h1-11H,12H2,(H,19,20)(H,21,22,23);1-6H,11H2,(H,12,13,14);1-5H,6H2. The van der Waals surface area contributed by atoms with Crippen molar-refractivity contribution >= 4 is 76.3 Å². The zero-order valence-electron chi connectivity index (χ0n) is 26.5. The number of amides is 1. The van der Waals surface area contributed by atoms with Crippen LogP contribution in [0.25, 0.3) is 21.5 Å². The molecule has 0 spiro atoms. The molecule has 0 saturated carbocycles. The van der Waals surface area contributed by atoms with Crippen LogP contribution in [0.5, 0.6) is 0 Å². The lowest BCUT2D eigenvalue weighted by molar-refractivity contribution is 0.155. The second-order valence-corrected chi connectivity index (χ2v) is 13.6. The number of nitrogen functional groups attached to an aromatic ring is 1. The molecule has 0 atom stereocenters. The van der Waals surface area contributed by atoms with Gasteiger partial charge in [-0.1, -0.05) is 109 Å². The molecule has 1 amide bonds. The Labute approximate surface area is 298 Å². The van der Waals surface area contributed by atoms with Crippen LogP contribution < -0.4 is 11.1 Å². The highest BCUT2D eigenvalue weighted by molar-refractivity contribution is 7.86. The molecule has 264 valence electrons. The lowest BCUT2D eigenvalue weighted by atomic mass is 10.1. The number of fused-ring (bicyclic) bond motifs is 2. The van der Waals surface area contributed by atoms with Crippen molar-refractivity contribution in [2.75, 3.05) is 11.1 Å². The molecule has 6 aromatic carbocycles. The van der Waals surface area contributed by atoms with E-state index in [4.69, 9.17) is 26.6 Å². The first-order valence-electron chi connectivity index (χ1n) is 14.8. The molecular weight excluding hydrogens is 720 g/mol. The van der Waals surface area contributed by atoms with Gasteiger partial charge >= 0.3 is 11.5 Å². The molecule has 51 heavy (non-hydrogen) atoms. The van der Waals surface area contributed by atoms with Crippen molar-refractivity contribution in [2.24, 2.45) is 0 Å². The summed E-state index contributed by atoms with van der Waals surface area (Å²) in [4.78, 5) is 21.8. The van der Waals surface area contributed by atoms with Crippen LogP contribution in [0.4, 0.5) is 21.0 Å². The second kappa shape index (κ2) is 17.4. The molecule has 6 aromatic rings. The summed E-state index contributed by atoms with van der Waals surface area (Å²) in [5.41, 5.74) is 7.58. The molecule has 12 nitrogen and oxygen atoms in total. The zero-order valence-corrected chi connectivity index (χ0v) is 28.9. The number of halogens is 1. The normalized spacial score (nSPS) is 11.0. The minimum absolute atomic E-state index is 0.118. The summed E-state index contributed by atoms with van der Waals surface area (Å²) < 4.78 is 73.2. The minimum atomic E-state index is -4.36. The number of hydrogen-bond acceptors (Lipinski definition) is 9. The van der Waals surface area contributed by atoms with Gasteiger partial charge in [-0.15, -0.1) is 0 Å². The van der Waals surface area contributed by atoms with E-state index < -0.39 is 31.8 Å². The van der Waals surface area contributed by atoms with E-state index in [-0.39, 0.29) is 23.0 Å². The van der Waals surface area contributed by atoms with Gasteiger partial charge in [-0.2, -0.15) is 16.8 Å². The first-order chi connectivity index (χ1) is 24.2. The van der Waals surface area contributed by atoms with Gasteiger partial charge in [0.15, 0.2) is 0 Å². The Kier molecular flexibility index (Phi) is 13.1. The van der Waals surface area contributed by atoms with Gasteiger partial charge in [0.05, 0.1) is 5.69 Å². The van der Waals surface area contributed by atoms with E-state index >= 15 is 0 Å². The van der Waals surface area contributed by atoms with Crippen LogP contribution in [-0.4, -0.2) is 37.5 Å². The molecule has 0 aliphatic rings. The third-order valence-electron chi connectivity index (χ3n) is 7.00. The first kappa shape index (κ1) is 38.3. The van der Waals surface area contributed by atoms with Crippen molar-refractivity contribution in [3.63, 3.8) is 0 Å². The third kappa shape index (κ3) is 11.3. The maximum absolute atomic E-state index is 12.0. The maximum Gasteiger partial charge on any atom is 0.411 e. The summed E-state index contributed by atoms with van der Waals surface area (Å²) in [6.45, 7) is 0.358. The second-order valence-electron chi connectivity index (χ2n) is 10.5. The van der Waals surface area contributed by atoms with Gasteiger partial charge in [-0.05, 0) is 35.4 Å². The number of carbonyl (C=O) groups excluding carboxylic acids is 2. The number of anilines is 2. The van der Waals surface area contributed by atoms with Gasteiger partial charge in [0.1, 0.15) is 23.0 Å². The molecule has 0 unspecified atom stereocenters. The molecular formula is C36H31ClN2O10S2. The highest BCUT2D eigenvalue weighted by Crippen LogP contribution is 2.29. The monoisotopic (exact) mass is 750 g/mol. The lowest BCUT2D eigenvalue weighted by Gasteiger charge is -2.11. The number of ether oxygens (including phenoxy) is 2. The van der Waals surface area contributed by atoms with Crippen molar-refractivity contribution in [3.05, 3.63) is 145 Å². The Morgan fingerprint density at radius 3 is 1.51 bits per heavy atom. The minimum Gasteiger partial charge on any atom is -0.449 e. The maximum atomic E-state index is 12.0. The highest BCUT2D eigenvalue weighted by Gasteiger charge is 2.16. The smallest absolute Gasteiger partial charge is 0.411 e. The number of carbonyl (C=O) groups is 2. The fourth-order valence-electron chi connectivity index (χ4n) is 4.73. The van der Waals surface area contributed by atoms with Gasteiger partial charge in [0.25, 0.3) is 20.2 Å². The van der Waals surface area contributed by atoms with Crippen molar-refractivity contribution in [1.82, 2.24) is 0 Å². The molecule has 5 N–H and O–H groups in total. The summed E-state index contributed by atoms with van der Waals surface area (Å²) in [5, 5.41) is 4.44. The molecule has 0 aromatic heterocycles. The van der Waals surface area contributed by atoms with Crippen LogP contribution in [0, 0.1) is 0 Å². The summed E-state index contributed by atoms with van der Waals surface area (Å²) in [6.07, 6.45) is -0.659. The molecule has 0 aliphatic heterocycles. The number of nitrogens with one attached hydrogen (secondary N) is 1. The molecule has 0 bridgehead atoms. The van der Waals surface area contributed by atoms with E-state index in [1.807, 2.05) is 60.7 Å². The zero-order chi connectivity index (χ0) is 37.0. The van der Waals surface area contributed by atoms with Gasteiger partial charge < -0.3 is 15.2 Å². The van der Waals surface area contributed by atoms with E-state index in [1.165, 1.54) is 18.2 Å². The molecule has 0 radical (unpaired) electrons. The lowest BCUT2D eigenvalue weighted by Crippen LogP contribution is -2.13. The SMILES string of the molecule is Nc1cccc2c(S(=O)(=O)O)cccc12.O=C(Cl)OCc1ccccc1.O=C(Nc1cccc2c(S(=O)(=O)O)cccc12)OCc1ccccc1. The van der Waals surface area contributed by atoms with Crippen molar-refractivity contribution < 1.29 is 45.0 Å². The molecule has 6 rings (SSSR count). The number of nitrogens with two attached hydrogens (primary N) is 1. The summed E-state index contributed by atoms with van der Waals surface area (Å²) in [5.74, 6) is 0. The van der Waals surface area contributed by atoms with Crippen LogP contribution in [0.1, 0.15) is 11.1 Å². The van der Waals surface area contributed by atoms with Crippen molar-refractivity contribution in [3.8, 4) is 0 Å². The molecule has 0 aliphatic carbocycles. The van der Waals surface area contributed by atoms with Crippen LogP contribution >= 0.6 is 11.6 Å². The van der Waals surface area contributed by atoms with Crippen LogP contribution in [-0.2, 0) is 42.9 Å². The first-order valence-corrected chi connectivity index (χ1v) is 18.1. The fourth-order valence-corrected chi connectivity index (χ4v) is 6.20. The Balaban J connectivity index is 0.000000190. The fraction of sp³-hybridized carbons (Fsp3) is 0.0556. The number of benzene rings is 6. The molecule has 15 heteroatoms. The Morgan fingerprint density at radius 1 is 0.569 bits per heavy atom. The van der Waals surface area contributed by atoms with E-state index in [9.17, 15) is 31.0 Å². The topological polar surface area (TPSA) is 199 Å². The van der Waals surface area contributed by atoms with Crippen LogP contribution in [0.15, 0.2) is 143 Å². The van der Waals surface area contributed by atoms with Gasteiger partial charge in [-0.25, -0.2) is 9.59 Å². The van der Waals surface area contributed by atoms with Crippen LogP contribution in [0.3, 0.4) is 0 Å². The average molecular weight is 751 g/mol. The number of rotatable bonds is 7. The molecule has 0 saturated heterocycles.